The van der Waals surface area contributed by atoms with Crippen molar-refractivity contribution in [3.05, 3.63) is 41.5 Å². The van der Waals surface area contributed by atoms with Crippen LogP contribution < -0.4 is 10.0 Å². The molecule has 1 aromatic carbocycles. The molecule has 1 aliphatic heterocycles. The fourth-order valence-corrected chi connectivity index (χ4v) is 3.43. The maximum Gasteiger partial charge on any atom is 0.251 e. The number of hydrogen-bond donors (Lipinski definition) is 2. The van der Waals surface area contributed by atoms with Crippen molar-refractivity contribution in [2.45, 2.75) is 38.8 Å². The van der Waals surface area contributed by atoms with Gasteiger partial charge in [-0.3, -0.25) is 9.52 Å². The number of benzene rings is 1. The minimum absolute atomic E-state index is 0.287. The van der Waals surface area contributed by atoms with E-state index in [0.717, 1.165) is 43.7 Å². The van der Waals surface area contributed by atoms with E-state index < -0.39 is 10.0 Å². The number of hydrogen-bond acceptors (Lipinski definition) is 5. The minimum atomic E-state index is -3.38. The number of carbonyl (C=O) groups is 1. The van der Waals surface area contributed by atoms with E-state index in [1.165, 1.54) is 12.5 Å². The molecule has 134 valence electrons. The third-order valence-corrected chi connectivity index (χ3v) is 4.63. The Morgan fingerprint density at radius 3 is 2.88 bits per heavy atom. The number of aromatic nitrogens is 3. The molecule has 2 aromatic rings. The Morgan fingerprint density at radius 1 is 1.24 bits per heavy atom. The van der Waals surface area contributed by atoms with Crippen LogP contribution in [-0.4, -0.2) is 35.3 Å². The van der Waals surface area contributed by atoms with Gasteiger partial charge in [0.15, 0.2) is 5.82 Å². The molecular weight excluding hydrogens is 342 g/mol. The topological polar surface area (TPSA) is 106 Å². The SMILES string of the molecule is CS(=O)(=O)Nc1cccc(C(=O)NCc2nnc3n2CCCCC3)c1. The zero-order valence-electron chi connectivity index (χ0n) is 14.0. The molecule has 8 nitrogen and oxygen atoms in total. The standard InChI is InChI=1S/C16H21N5O3S/c1-25(23,24)20-13-7-5-6-12(10-13)16(22)17-11-15-19-18-14-8-3-2-4-9-21(14)15/h5-7,10,20H,2-4,8-9,11H2,1H3,(H,17,22). The second-order valence-electron chi connectivity index (χ2n) is 6.13. The van der Waals surface area contributed by atoms with Gasteiger partial charge < -0.3 is 9.88 Å². The summed E-state index contributed by atoms with van der Waals surface area (Å²) in [5.74, 6) is 1.43. The van der Waals surface area contributed by atoms with Crippen molar-refractivity contribution in [3.8, 4) is 0 Å². The van der Waals surface area contributed by atoms with Crippen LogP contribution in [0.15, 0.2) is 24.3 Å². The first-order chi connectivity index (χ1) is 11.9. The number of amides is 1. The first-order valence-corrected chi connectivity index (χ1v) is 10.1. The molecule has 2 N–H and O–H groups in total. The van der Waals surface area contributed by atoms with Crippen LogP contribution in [0.1, 0.15) is 41.3 Å². The molecule has 0 unspecified atom stereocenters. The lowest BCUT2D eigenvalue weighted by atomic mass is 10.2. The smallest absolute Gasteiger partial charge is 0.251 e. The van der Waals surface area contributed by atoms with Gasteiger partial charge in [0.2, 0.25) is 10.0 Å². The zero-order valence-corrected chi connectivity index (χ0v) is 14.8. The molecular formula is C16H21N5O3S. The summed E-state index contributed by atoms with van der Waals surface area (Å²) in [6.07, 6.45) is 5.36. The number of aryl methyl sites for hydroxylation is 1. The van der Waals surface area contributed by atoms with Crippen LogP contribution in [0.2, 0.25) is 0 Å². The Morgan fingerprint density at radius 2 is 2.08 bits per heavy atom. The maximum atomic E-state index is 12.3. The van der Waals surface area contributed by atoms with Gasteiger partial charge in [0, 0.05) is 24.2 Å². The van der Waals surface area contributed by atoms with Crippen LogP contribution in [0.3, 0.4) is 0 Å². The molecule has 0 saturated heterocycles. The molecule has 1 aromatic heterocycles. The van der Waals surface area contributed by atoms with E-state index in [1.54, 1.807) is 18.2 Å². The van der Waals surface area contributed by atoms with E-state index in [-0.39, 0.29) is 12.5 Å². The zero-order chi connectivity index (χ0) is 17.9. The quantitative estimate of drug-likeness (QED) is 0.833. The second-order valence-corrected chi connectivity index (χ2v) is 7.88. The Balaban J connectivity index is 1.67. The van der Waals surface area contributed by atoms with E-state index in [0.29, 0.717) is 11.3 Å². The molecule has 0 radical (unpaired) electrons. The molecule has 0 bridgehead atoms. The molecule has 1 amide bonds. The van der Waals surface area contributed by atoms with E-state index in [9.17, 15) is 13.2 Å². The van der Waals surface area contributed by atoms with Gasteiger partial charge >= 0.3 is 0 Å². The summed E-state index contributed by atoms with van der Waals surface area (Å²) in [5.41, 5.74) is 0.732. The minimum Gasteiger partial charge on any atom is -0.345 e. The fourth-order valence-electron chi connectivity index (χ4n) is 2.88. The van der Waals surface area contributed by atoms with Gasteiger partial charge in [-0.1, -0.05) is 12.5 Å². The molecule has 0 fully saturated rings. The van der Waals surface area contributed by atoms with E-state index in [1.807, 2.05) is 0 Å². The van der Waals surface area contributed by atoms with Crippen LogP contribution in [0, 0.1) is 0 Å². The van der Waals surface area contributed by atoms with Crippen molar-refractivity contribution in [3.63, 3.8) is 0 Å². The molecule has 0 saturated carbocycles. The monoisotopic (exact) mass is 363 g/mol. The van der Waals surface area contributed by atoms with Crippen molar-refractivity contribution in [2.75, 3.05) is 11.0 Å². The van der Waals surface area contributed by atoms with Crippen LogP contribution in [0.5, 0.6) is 0 Å². The third kappa shape index (κ3) is 4.56. The summed E-state index contributed by atoms with van der Waals surface area (Å²) in [4.78, 5) is 12.3. The van der Waals surface area contributed by atoms with Gasteiger partial charge in [0.05, 0.1) is 12.8 Å². The normalized spacial score (nSPS) is 14.4. The van der Waals surface area contributed by atoms with Crippen molar-refractivity contribution in [1.82, 2.24) is 20.1 Å². The number of rotatable bonds is 5. The van der Waals surface area contributed by atoms with Crippen molar-refractivity contribution in [1.29, 1.82) is 0 Å². The van der Waals surface area contributed by atoms with E-state index >= 15 is 0 Å². The predicted molar refractivity (Wildman–Crippen MR) is 93.7 cm³/mol. The highest BCUT2D eigenvalue weighted by atomic mass is 32.2. The summed E-state index contributed by atoms with van der Waals surface area (Å²) < 4.78 is 27.0. The van der Waals surface area contributed by atoms with Gasteiger partial charge in [0.25, 0.3) is 5.91 Å². The molecule has 1 aliphatic rings. The fraction of sp³-hybridized carbons (Fsp3) is 0.438. The molecule has 0 spiro atoms. The number of nitrogens with zero attached hydrogens (tertiary/aromatic N) is 3. The number of carbonyl (C=O) groups excluding carboxylic acids is 1. The number of anilines is 1. The van der Waals surface area contributed by atoms with Crippen LogP contribution in [0.25, 0.3) is 0 Å². The molecule has 9 heteroatoms. The Hall–Kier alpha value is -2.42. The molecule has 2 heterocycles. The second kappa shape index (κ2) is 7.22. The largest absolute Gasteiger partial charge is 0.345 e. The first-order valence-electron chi connectivity index (χ1n) is 8.19. The third-order valence-electron chi connectivity index (χ3n) is 4.02. The maximum absolute atomic E-state index is 12.3. The van der Waals surface area contributed by atoms with Gasteiger partial charge in [-0.05, 0) is 31.0 Å². The van der Waals surface area contributed by atoms with Crippen LogP contribution >= 0.6 is 0 Å². The lowest BCUT2D eigenvalue weighted by molar-refractivity contribution is 0.0949. The van der Waals surface area contributed by atoms with Crippen LogP contribution in [0.4, 0.5) is 5.69 Å². The predicted octanol–water partition coefficient (Wildman–Crippen LogP) is 1.31. The Kier molecular flexibility index (Phi) is 5.03. The van der Waals surface area contributed by atoms with Crippen molar-refractivity contribution in [2.24, 2.45) is 0 Å². The molecule has 0 aliphatic carbocycles. The average Bonchev–Trinajstić information content (AvgIpc) is 2.78. The molecule has 3 rings (SSSR count). The highest BCUT2D eigenvalue weighted by Gasteiger charge is 2.15. The number of sulfonamides is 1. The van der Waals surface area contributed by atoms with E-state index in [4.69, 9.17) is 0 Å². The Bertz CT molecular complexity index is 876. The lowest BCUT2D eigenvalue weighted by Gasteiger charge is -2.09. The first kappa shape index (κ1) is 17.4. The number of fused-ring (bicyclic) bond motifs is 1. The molecule has 25 heavy (non-hydrogen) atoms. The van der Waals surface area contributed by atoms with Gasteiger partial charge in [-0.15, -0.1) is 10.2 Å². The summed E-state index contributed by atoms with van der Waals surface area (Å²) in [6.45, 7) is 1.16. The van der Waals surface area contributed by atoms with Gasteiger partial charge in [0.1, 0.15) is 5.82 Å². The number of nitrogens with one attached hydrogen (secondary N) is 2. The summed E-state index contributed by atoms with van der Waals surface area (Å²) >= 11 is 0. The van der Waals surface area contributed by atoms with Crippen molar-refractivity contribution >= 4 is 21.6 Å². The summed E-state index contributed by atoms with van der Waals surface area (Å²) in [5, 5.41) is 11.2. The van der Waals surface area contributed by atoms with Crippen LogP contribution in [-0.2, 0) is 29.5 Å². The highest BCUT2D eigenvalue weighted by molar-refractivity contribution is 7.92. The van der Waals surface area contributed by atoms with Gasteiger partial charge in [-0.25, -0.2) is 8.42 Å². The van der Waals surface area contributed by atoms with Gasteiger partial charge in [-0.2, -0.15) is 0 Å². The average molecular weight is 363 g/mol. The van der Waals surface area contributed by atoms with E-state index in [2.05, 4.69) is 24.8 Å². The Labute approximate surface area is 146 Å². The van der Waals surface area contributed by atoms with Crippen molar-refractivity contribution < 1.29 is 13.2 Å². The molecule has 0 atom stereocenters. The summed E-state index contributed by atoms with van der Waals surface area (Å²) in [7, 11) is -3.38. The summed E-state index contributed by atoms with van der Waals surface area (Å²) in [6, 6.07) is 6.36. The lowest BCUT2D eigenvalue weighted by Crippen LogP contribution is -2.25. The highest BCUT2D eigenvalue weighted by Crippen LogP contribution is 2.15.